The Labute approximate surface area is 150 Å². The summed E-state index contributed by atoms with van der Waals surface area (Å²) in [5.41, 5.74) is 2.87. The minimum Gasteiger partial charge on any atom is -0.497 e. The first kappa shape index (κ1) is 17.4. The standard InChI is InChI=1S/C20H19N3O3/c1-13-4-3-5-14(10-13)12-21-19(24)18-11-17(22-20(25)23-18)15-6-8-16(26-2)9-7-15/h3-11H,12H2,1-2H3,(H,21,24)(H,22,23,25). The summed E-state index contributed by atoms with van der Waals surface area (Å²) in [6.45, 7) is 2.37. The summed E-state index contributed by atoms with van der Waals surface area (Å²) in [6, 6.07) is 16.5. The molecule has 0 radical (unpaired) electrons. The van der Waals surface area contributed by atoms with E-state index in [-0.39, 0.29) is 11.6 Å². The number of rotatable bonds is 5. The first-order valence-electron chi connectivity index (χ1n) is 8.15. The predicted octanol–water partition coefficient (Wildman–Crippen LogP) is 2.68. The van der Waals surface area contributed by atoms with Crippen LogP contribution in [0.15, 0.2) is 59.4 Å². The molecule has 26 heavy (non-hydrogen) atoms. The second-order valence-electron chi connectivity index (χ2n) is 5.89. The van der Waals surface area contributed by atoms with Gasteiger partial charge in [0.2, 0.25) is 0 Å². The lowest BCUT2D eigenvalue weighted by atomic mass is 10.1. The fraction of sp³-hybridized carbons (Fsp3) is 0.150. The average Bonchev–Trinajstić information content (AvgIpc) is 2.65. The number of methoxy groups -OCH3 is 1. The van der Waals surface area contributed by atoms with E-state index in [2.05, 4.69) is 15.3 Å². The lowest BCUT2D eigenvalue weighted by Gasteiger charge is -2.08. The van der Waals surface area contributed by atoms with Gasteiger partial charge >= 0.3 is 5.69 Å². The van der Waals surface area contributed by atoms with Gasteiger partial charge in [0.15, 0.2) is 0 Å². The van der Waals surface area contributed by atoms with Gasteiger partial charge in [0.05, 0.1) is 12.8 Å². The van der Waals surface area contributed by atoms with Crippen LogP contribution in [0.3, 0.4) is 0 Å². The van der Waals surface area contributed by atoms with Crippen LogP contribution in [0, 0.1) is 6.92 Å². The number of amides is 1. The Balaban J connectivity index is 1.80. The van der Waals surface area contributed by atoms with Crippen LogP contribution < -0.4 is 15.7 Å². The predicted molar refractivity (Wildman–Crippen MR) is 99.2 cm³/mol. The second kappa shape index (κ2) is 7.65. The molecule has 0 saturated heterocycles. The Bertz CT molecular complexity index is 978. The van der Waals surface area contributed by atoms with E-state index in [1.54, 1.807) is 37.4 Å². The zero-order valence-corrected chi connectivity index (χ0v) is 14.6. The fourth-order valence-corrected chi connectivity index (χ4v) is 2.59. The zero-order valence-electron chi connectivity index (χ0n) is 14.6. The minimum atomic E-state index is -0.570. The molecule has 0 fully saturated rings. The van der Waals surface area contributed by atoms with Crippen LogP contribution in [0.25, 0.3) is 11.3 Å². The zero-order chi connectivity index (χ0) is 18.5. The van der Waals surface area contributed by atoms with Crippen LogP contribution in [0.1, 0.15) is 21.6 Å². The molecule has 0 unspecified atom stereocenters. The van der Waals surface area contributed by atoms with E-state index in [9.17, 15) is 9.59 Å². The molecule has 132 valence electrons. The maximum Gasteiger partial charge on any atom is 0.346 e. The highest BCUT2D eigenvalue weighted by atomic mass is 16.5. The third kappa shape index (κ3) is 4.16. The van der Waals surface area contributed by atoms with Crippen molar-refractivity contribution in [3.63, 3.8) is 0 Å². The Morgan fingerprint density at radius 1 is 1.15 bits per heavy atom. The molecular weight excluding hydrogens is 330 g/mol. The van der Waals surface area contributed by atoms with Crippen LogP contribution in [0.4, 0.5) is 0 Å². The van der Waals surface area contributed by atoms with Gasteiger partial charge in [-0.2, -0.15) is 4.98 Å². The molecular formula is C20H19N3O3. The molecule has 2 aromatic carbocycles. The molecule has 0 atom stereocenters. The summed E-state index contributed by atoms with van der Waals surface area (Å²) in [4.78, 5) is 30.7. The number of aromatic nitrogens is 2. The normalized spacial score (nSPS) is 10.4. The van der Waals surface area contributed by atoms with Crippen molar-refractivity contribution in [3.05, 3.63) is 81.9 Å². The second-order valence-corrected chi connectivity index (χ2v) is 5.89. The van der Waals surface area contributed by atoms with Crippen LogP contribution in [0.5, 0.6) is 5.75 Å². The SMILES string of the molecule is COc1ccc(-c2cc(C(=O)NCc3cccc(C)c3)[nH]c(=O)n2)cc1. The molecule has 3 rings (SSSR count). The van der Waals surface area contributed by atoms with Gasteiger partial charge in [-0.1, -0.05) is 29.8 Å². The van der Waals surface area contributed by atoms with Gasteiger partial charge in [-0.25, -0.2) is 4.79 Å². The summed E-state index contributed by atoms with van der Waals surface area (Å²) in [5.74, 6) is 0.343. The van der Waals surface area contributed by atoms with Crippen molar-refractivity contribution >= 4 is 5.91 Å². The molecule has 2 N–H and O–H groups in total. The Morgan fingerprint density at radius 2 is 1.92 bits per heavy atom. The molecule has 1 aromatic heterocycles. The number of aromatic amines is 1. The number of aryl methyl sites for hydroxylation is 1. The van der Waals surface area contributed by atoms with Crippen LogP contribution in [-0.4, -0.2) is 23.0 Å². The van der Waals surface area contributed by atoms with Crippen LogP contribution >= 0.6 is 0 Å². The molecule has 1 heterocycles. The molecule has 0 aliphatic heterocycles. The molecule has 6 heteroatoms. The lowest BCUT2D eigenvalue weighted by molar-refractivity contribution is 0.0945. The maximum absolute atomic E-state index is 12.4. The Kier molecular flexibility index (Phi) is 5.12. The van der Waals surface area contributed by atoms with Crippen molar-refractivity contribution in [2.45, 2.75) is 13.5 Å². The quantitative estimate of drug-likeness (QED) is 0.742. The lowest BCUT2D eigenvalue weighted by Crippen LogP contribution is -2.27. The van der Waals surface area contributed by atoms with Gasteiger partial charge in [0, 0.05) is 12.1 Å². The molecule has 3 aromatic rings. The van der Waals surface area contributed by atoms with E-state index < -0.39 is 5.69 Å². The third-order valence-electron chi connectivity index (χ3n) is 3.91. The molecule has 0 spiro atoms. The number of ether oxygens (including phenoxy) is 1. The smallest absolute Gasteiger partial charge is 0.346 e. The van der Waals surface area contributed by atoms with E-state index in [4.69, 9.17) is 4.74 Å². The molecule has 0 aliphatic rings. The van der Waals surface area contributed by atoms with Crippen molar-refractivity contribution in [1.29, 1.82) is 0 Å². The summed E-state index contributed by atoms with van der Waals surface area (Å²) in [5, 5.41) is 2.81. The number of nitrogens with one attached hydrogen (secondary N) is 2. The van der Waals surface area contributed by atoms with Gasteiger partial charge in [-0.15, -0.1) is 0 Å². The van der Waals surface area contributed by atoms with Gasteiger partial charge in [-0.05, 0) is 42.8 Å². The number of nitrogens with zero attached hydrogens (tertiary/aromatic N) is 1. The highest BCUT2D eigenvalue weighted by Gasteiger charge is 2.11. The number of H-pyrrole nitrogens is 1. The van der Waals surface area contributed by atoms with Gasteiger partial charge < -0.3 is 15.0 Å². The topological polar surface area (TPSA) is 84.1 Å². The number of hydrogen-bond donors (Lipinski definition) is 2. The van der Waals surface area contributed by atoms with E-state index in [0.29, 0.717) is 18.0 Å². The number of carbonyl (C=O) groups is 1. The van der Waals surface area contributed by atoms with Gasteiger partial charge in [-0.3, -0.25) is 4.79 Å². The van der Waals surface area contributed by atoms with Crippen molar-refractivity contribution in [3.8, 4) is 17.0 Å². The first-order valence-corrected chi connectivity index (χ1v) is 8.15. The summed E-state index contributed by atoms with van der Waals surface area (Å²) in [7, 11) is 1.58. The van der Waals surface area contributed by atoms with E-state index in [1.807, 2.05) is 31.2 Å². The molecule has 1 amide bonds. The van der Waals surface area contributed by atoms with E-state index in [0.717, 1.165) is 16.7 Å². The summed E-state index contributed by atoms with van der Waals surface area (Å²) >= 11 is 0. The van der Waals surface area contributed by atoms with E-state index >= 15 is 0 Å². The monoisotopic (exact) mass is 349 g/mol. The summed E-state index contributed by atoms with van der Waals surface area (Å²) in [6.07, 6.45) is 0. The highest BCUT2D eigenvalue weighted by molar-refractivity contribution is 5.93. The van der Waals surface area contributed by atoms with Crippen LogP contribution in [0.2, 0.25) is 0 Å². The van der Waals surface area contributed by atoms with E-state index in [1.165, 1.54) is 0 Å². The van der Waals surface area contributed by atoms with Crippen LogP contribution in [-0.2, 0) is 6.54 Å². The van der Waals surface area contributed by atoms with Crippen molar-refractivity contribution in [2.75, 3.05) is 7.11 Å². The summed E-state index contributed by atoms with van der Waals surface area (Å²) < 4.78 is 5.12. The molecule has 0 saturated carbocycles. The fourth-order valence-electron chi connectivity index (χ4n) is 2.59. The Morgan fingerprint density at radius 3 is 2.62 bits per heavy atom. The van der Waals surface area contributed by atoms with Crippen molar-refractivity contribution in [2.24, 2.45) is 0 Å². The Hall–Kier alpha value is -3.41. The minimum absolute atomic E-state index is 0.170. The number of benzene rings is 2. The largest absolute Gasteiger partial charge is 0.497 e. The van der Waals surface area contributed by atoms with Crippen molar-refractivity contribution in [1.82, 2.24) is 15.3 Å². The maximum atomic E-state index is 12.4. The molecule has 0 bridgehead atoms. The molecule has 0 aliphatic carbocycles. The van der Waals surface area contributed by atoms with Crippen molar-refractivity contribution < 1.29 is 9.53 Å². The number of carbonyl (C=O) groups excluding carboxylic acids is 1. The first-order chi connectivity index (χ1) is 12.5. The van der Waals surface area contributed by atoms with Gasteiger partial charge in [0.25, 0.3) is 5.91 Å². The third-order valence-corrected chi connectivity index (χ3v) is 3.91. The van der Waals surface area contributed by atoms with Gasteiger partial charge in [0.1, 0.15) is 11.4 Å². The average molecular weight is 349 g/mol. The highest BCUT2D eigenvalue weighted by Crippen LogP contribution is 2.20. The number of hydrogen-bond acceptors (Lipinski definition) is 4. The molecule has 6 nitrogen and oxygen atoms in total.